The Morgan fingerprint density at radius 1 is 1.36 bits per heavy atom. The lowest BCUT2D eigenvalue weighted by atomic mass is 10.1. The quantitative estimate of drug-likeness (QED) is 0.769. The van der Waals surface area contributed by atoms with Gasteiger partial charge in [-0.3, -0.25) is 0 Å². The predicted molar refractivity (Wildman–Crippen MR) is 100 cm³/mol. The molecule has 0 unspecified atom stereocenters. The van der Waals surface area contributed by atoms with E-state index in [1.807, 2.05) is 13.8 Å². The number of carbonyl (C=O) groups excluding carboxylic acids is 1. The zero-order chi connectivity index (χ0) is 20.3. The van der Waals surface area contributed by atoms with Crippen molar-refractivity contribution in [3.8, 4) is 0 Å². The molecular weight excluding hydrogens is 392 g/mol. The topological polar surface area (TPSA) is 67.1 Å². The van der Waals surface area contributed by atoms with E-state index in [9.17, 15) is 13.6 Å². The van der Waals surface area contributed by atoms with Gasteiger partial charge >= 0.3 is 6.03 Å². The van der Waals surface area contributed by atoms with E-state index in [0.717, 1.165) is 12.1 Å². The minimum absolute atomic E-state index is 0.0353. The standard InChI is InChI=1S/C19H20ClF2N3O3/c1-11(2)23-19(26)25(9-12-3-4-13(21)7-15(12)22)10-14-8-16(24-28-14)17-5-6-18(20)27-17/h3-7,11,14H,8-10H2,1-2H3,(H,23,26)/t14-/m1/s1. The highest BCUT2D eigenvalue weighted by Gasteiger charge is 2.29. The summed E-state index contributed by atoms with van der Waals surface area (Å²) in [7, 11) is 0. The van der Waals surface area contributed by atoms with Gasteiger partial charge in [0.2, 0.25) is 0 Å². The number of carbonyl (C=O) groups is 1. The summed E-state index contributed by atoms with van der Waals surface area (Å²) in [5.41, 5.74) is 0.784. The molecule has 1 aromatic carbocycles. The van der Waals surface area contributed by atoms with Gasteiger partial charge in [-0.1, -0.05) is 11.2 Å². The normalized spacial score (nSPS) is 16.1. The molecule has 0 saturated heterocycles. The van der Waals surface area contributed by atoms with E-state index in [0.29, 0.717) is 17.9 Å². The molecule has 0 aliphatic carbocycles. The van der Waals surface area contributed by atoms with E-state index >= 15 is 0 Å². The maximum absolute atomic E-state index is 14.1. The minimum atomic E-state index is -0.711. The third kappa shape index (κ3) is 5.01. The maximum Gasteiger partial charge on any atom is 0.318 e. The molecule has 1 aliphatic heterocycles. The van der Waals surface area contributed by atoms with E-state index < -0.39 is 17.7 Å². The van der Waals surface area contributed by atoms with Crippen molar-refractivity contribution in [3.05, 3.63) is 58.5 Å². The summed E-state index contributed by atoms with van der Waals surface area (Å²) in [6.07, 6.45) is -0.0263. The van der Waals surface area contributed by atoms with Crippen LogP contribution in [-0.4, -0.2) is 35.3 Å². The monoisotopic (exact) mass is 411 g/mol. The number of urea groups is 1. The molecule has 6 nitrogen and oxygen atoms in total. The highest BCUT2D eigenvalue weighted by atomic mass is 35.5. The van der Waals surface area contributed by atoms with Crippen molar-refractivity contribution >= 4 is 23.3 Å². The first-order valence-corrected chi connectivity index (χ1v) is 9.17. The number of hydrogen-bond acceptors (Lipinski definition) is 4. The molecule has 0 saturated carbocycles. The Hall–Kier alpha value is -2.61. The van der Waals surface area contributed by atoms with Gasteiger partial charge in [-0.2, -0.15) is 0 Å². The molecule has 2 aromatic rings. The number of amides is 2. The Kier molecular flexibility index (Phi) is 6.18. The van der Waals surface area contributed by atoms with E-state index in [1.165, 1.54) is 11.0 Å². The van der Waals surface area contributed by atoms with Crippen molar-refractivity contribution in [1.29, 1.82) is 0 Å². The van der Waals surface area contributed by atoms with Gasteiger partial charge in [0.15, 0.2) is 17.1 Å². The smallest absolute Gasteiger partial charge is 0.318 e. The fourth-order valence-electron chi connectivity index (χ4n) is 2.80. The van der Waals surface area contributed by atoms with Gasteiger partial charge < -0.3 is 19.5 Å². The van der Waals surface area contributed by atoms with Crippen LogP contribution in [0.2, 0.25) is 5.22 Å². The average molecular weight is 412 g/mol. The van der Waals surface area contributed by atoms with Crippen LogP contribution in [-0.2, 0) is 11.4 Å². The van der Waals surface area contributed by atoms with Crippen molar-refractivity contribution in [2.45, 2.75) is 39.0 Å². The van der Waals surface area contributed by atoms with Crippen LogP contribution in [0.25, 0.3) is 0 Å². The van der Waals surface area contributed by atoms with Gasteiger partial charge in [0.1, 0.15) is 17.3 Å². The van der Waals surface area contributed by atoms with Crippen LogP contribution in [0.15, 0.2) is 39.9 Å². The zero-order valence-electron chi connectivity index (χ0n) is 15.4. The second kappa shape index (κ2) is 8.60. The number of oxime groups is 1. The summed E-state index contributed by atoms with van der Waals surface area (Å²) in [4.78, 5) is 19.4. The molecule has 1 atom stereocenters. The van der Waals surface area contributed by atoms with Gasteiger partial charge in [0.25, 0.3) is 0 Å². The minimum Gasteiger partial charge on any atom is -0.443 e. The van der Waals surface area contributed by atoms with E-state index in [-0.39, 0.29) is 35.9 Å². The van der Waals surface area contributed by atoms with Crippen LogP contribution in [0, 0.1) is 11.6 Å². The molecule has 0 bridgehead atoms. The van der Waals surface area contributed by atoms with Crippen LogP contribution >= 0.6 is 11.6 Å². The lowest BCUT2D eigenvalue weighted by Gasteiger charge is -2.26. The molecule has 0 radical (unpaired) electrons. The van der Waals surface area contributed by atoms with E-state index in [4.69, 9.17) is 20.9 Å². The zero-order valence-corrected chi connectivity index (χ0v) is 16.2. The summed E-state index contributed by atoms with van der Waals surface area (Å²) in [5, 5.41) is 7.01. The average Bonchev–Trinajstić information content (AvgIpc) is 3.24. The molecule has 2 heterocycles. The predicted octanol–water partition coefficient (Wildman–Crippen LogP) is 4.32. The summed E-state index contributed by atoms with van der Waals surface area (Å²) < 4.78 is 32.5. The Labute approximate surface area is 166 Å². The van der Waals surface area contributed by atoms with Crippen LogP contribution < -0.4 is 5.32 Å². The second-order valence-corrected chi connectivity index (χ2v) is 7.17. The van der Waals surface area contributed by atoms with Crippen LogP contribution in [0.4, 0.5) is 13.6 Å². The number of hydrogen-bond donors (Lipinski definition) is 1. The number of nitrogens with zero attached hydrogens (tertiary/aromatic N) is 2. The van der Waals surface area contributed by atoms with Crippen molar-refractivity contribution < 1.29 is 22.8 Å². The summed E-state index contributed by atoms with van der Waals surface area (Å²) in [6.45, 7) is 3.77. The van der Waals surface area contributed by atoms with Crippen LogP contribution in [0.1, 0.15) is 31.6 Å². The van der Waals surface area contributed by atoms with E-state index in [2.05, 4.69) is 10.5 Å². The third-order valence-corrected chi connectivity index (χ3v) is 4.29. The molecule has 0 fully saturated rings. The molecule has 2 amide bonds. The SMILES string of the molecule is CC(C)NC(=O)N(Cc1ccc(F)cc1F)C[C@H]1CC(c2ccc(Cl)o2)=NO1. The number of nitrogens with one attached hydrogen (secondary N) is 1. The number of benzene rings is 1. The Morgan fingerprint density at radius 2 is 2.14 bits per heavy atom. The van der Waals surface area contributed by atoms with Crippen molar-refractivity contribution in [2.24, 2.45) is 5.16 Å². The molecule has 1 N–H and O–H groups in total. The first kappa shape index (κ1) is 20.1. The fraction of sp³-hybridized carbons (Fsp3) is 0.368. The lowest BCUT2D eigenvalue weighted by Crippen LogP contribution is -2.45. The Bertz CT molecular complexity index is 885. The summed E-state index contributed by atoms with van der Waals surface area (Å²) in [6, 6.07) is 6.08. The summed E-state index contributed by atoms with van der Waals surface area (Å²) >= 11 is 5.78. The summed E-state index contributed by atoms with van der Waals surface area (Å²) in [5.74, 6) is -0.888. The van der Waals surface area contributed by atoms with E-state index in [1.54, 1.807) is 12.1 Å². The largest absolute Gasteiger partial charge is 0.443 e. The molecule has 0 spiro atoms. The molecule has 28 heavy (non-hydrogen) atoms. The third-order valence-electron chi connectivity index (χ3n) is 4.09. The Morgan fingerprint density at radius 3 is 2.79 bits per heavy atom. The van der Waals surface area contributed by atoms with Gasteiger partial charge in [-0.05, 0) is 43.6 Å². The molecule has 3 rings (SSSR count). The molecule has 1 aliphatic rings. The number of rotatable bonds is 6. The van der Waals surface area contributed by atoms with Gasteiger partial charge in [-0.15, -0.1) is 0 Å². The van der Waals surface area contributed by atoms with Crippen molar-refractivity contribution in [3.63, 3.8) is 0 Å². The Balaban J connectivity index is 1.70. The lowest BCUT2D eigenvalue weighted by molar-refractivity contribution is 0.0584. The van der Waals surface area contributed by atoms with Crippen LogP contribution in [0.5, 0.6) is 0 Å². The first-order valence-electron chi connectivity index (χ1n) is 8.79. The first-order chi connectivity index (χ1) is 13.3. The number of furan rings is 1. The van der Waals surface area contributed by atoms with Gasteiger partial charge in [0.05, 0.1) is 13.1 Å². The van der Waals surface area contributed by atoms with Gasteiger partial charge in [0, 0.05) is 24.1 Å². The maximum atomic E-state index is 14.1. The highest BCUT2D eigenvalue weighted by Crippen LogP contribution is 2.22. The fourth-order valence-corrected chi connectivity index (χ4v) is 2.95. The van der Waals surface area contributed by atoms with Crippen LogP contribution in [0.3, 0.4) is 0 Å². The van der Waals surface area contributed by atoms with Gasteiger partial charge in [-0.25, -0.2) is 13.6 Å². The van der Waals surface area contributed by atoms with Crippen molar-refractivity contribution in [2.75, 3.05) is 6.54 Å². The molecule has 150 valence electrons. The highest BCUT2D eigenvalue weighted by molar-refractivity contribution is 6.29. The molecular formula is C19H20ClF2N3O3. The van der Waals surface area contributed by atoms with Crippen molar-refractivity contribution in [1.82, 2.24) is 10.2 Å². The number of halogens is 3. The second-order valence-electron chi connectivity index (χ2n) is 6.79. The molecule has 9 heteroatoms. The molecule has 1 aromatic heterocycles.